The van der Waals surface area contributed by atoms with Crippen molar-refractivity contribution in [2.24, 2.45) is 11.3 Å². The van der Waals surface area contributed by atoms with Crippen LogP contribution in [-0.4, -0.2) is 24.4 Å². The van der Waals surface area contributed by atoms with Gasteiger partial charge in [0.25, 0.3) is 0 Å². The predicted molar refractivity (Wildman–Crippen MR) is 54.4 cm³/mol. The molecule has 1 aliphatic carbocycles. The van der Waals surface area contributed by atoms with E-state index in [4.69, 9.17) is 0 Å². The van der Waals surface area contributed by atoms with Gasteiger partial charge in [-0.2, -0.15) is 0 Å². The Morgan fingerprint density at radius 1 is 1.38 bits per heavy atom. The van der Waals surface area contributed by atoms with Gasteiger partial charge in [-0.15, -0.1) is 0 Å². The highest BCUT2D eigenvalue weighted by Crippen LogP contribution is 2.28. The zero-order chi connectivity index (χ0) is 10.1. The van der Waals surface area contributed by atoms with Crippen molar-refractivity contribution in [2.75, 3.05) is 13.6 Å². The summed E-state index contributed by atoms with van der Waals surface area (Å²) in [5, 5.41) is 0. The highest BCUT2D eigenvalue weighted by Gasteiger charge is 2.29. The van der Waals surface area contributed by atoms with Crippen LogP contribution in [0, 0.1) is 11.3 Å². The Bertz CT molecular complexity index is 189. The average molecular weight is 183 g/mol. The quantitative estimate of drug-likeness (QED) is 0.643. The fourth-order valence-electron chi connectivity index (χ4n) is 1.76. The Labute approximate surface area is 81.3 Å². The molecule has 0 saturated heterocycles. The van der Waals surface area contributed by atoms with Crippen LogP contribution in [0.4, 0.5) is 0 Å². The summed E-state index contributed by atoms with van der Waals surface area (Å²) in [5.74, 6) is 0.688. The zero-order valence-electron chi connectivity index (χ0n) is 9.26. The maximum atomic E-state index is 11.7. The van der Waals surface area contributed by atoms with E-state index in [1.54, 1.807) is 0 Å². The molecule has 0 radical (unpaired) electrons. The van der Waals surface area contributed by atoms with Gasteiger partial charge >= 0.3 is 0 Å². The third kappa shape index (κ3) is 3.02. The molecule has 1 amide bonds. The van der Waals surface area contributed by atoms with E-state index in [1.807, 2.05) is 11.9 Å². The summed E-state index contributed by atoms with van der Waals surface area (Å²) in [6.45, 7) is 7.36. The molecular weight excluding hydrogens is 162 g/mol. The first-order valence-electron chi connectivity index (χ1n) is 5.15. The maximum absolute atomic E-state index is 11.7. The molecule has 1 rings (SSSR count). The largest absolute Gasteiger partial charge is 0.345 e. The van der Waals surface area contributed by atoms with Crippen molar-refractivity contribution < 1.29 is 4.79 Å². The average Bonchev–Trinajstić information content (AvgIpc) is 1.78. The number of carbonyl (C=O) groups is 1. The fraction of sp³-hybridized carbons (Fsp3) is 0.909. The van der Waals surface area contributed by atoms with Crippen LogP contribution >= 0.6 is 0 Å². The van der Waals surface area contributed by atoms with Gasteiger partial charge in [0.2, 0.25) is 5.91 Å². The molecule has 0 heterocycles. The molecule has 1 fully saturated rings. The van der Waals surface area contributed by atoms with Crippen LogP contribution in [0.5, 0.6) is 0 Å². The summed E-state index contributed by atoms with van der Waals surface area (Å²) in [5.41, 5.74) is 0.216. The first-order valence-corrected chi connectivity index (χ1v) is 5.15. The van der Waals surface area contributed by atoms with Crippen LogP contribution in [0.1, 0.15) is 40.0 Å². The van der Waals surface area contributed by atoms with Crippen LogP contribution in [0.15, 0.2) is 0 Å². The first-order chi connectivity index (χ1) is 5.90. The molecule has 0 atom stereocenters. The third-order valence-electron chi connectivity index (χ3n) is 2.54. The molecule has 0 aromatic rings. The Kier molecular flexibility index (Phi) is 2.99. The molecule has 0 unspecified atom stereocenters. The Balaban J connectivity index is 2.38. The van der Waals surface area contributed by atoms with E-state index in [9.17, 15) is 4.79 Å². The van der Waals surface area contributed by atoms with Crippen LogP contribution < -0.4 is 0 Å². The fourth-order valence-corrected chi connectivity index (χ4v) is 1.76. The Morgan fingerprint density at radius 2 is 1.92 bits per heavy atom. The first kappa shape index (κ1) is 10.6. The van der Waals surface area contributed by atoms with E-state index in [1.165, 1.54) is 6.42 Å². The van der Waals surface area contributed by atoms with Crippen molar-refractivity contribution in [1.29, 1.82) is 0 Å². The Hall–Kier alpha value is -0.530. The smallest absolute Gasteiger partial charge is 0.225 e. The molecule has 1 saturated carbocycles. The lowest BCUT2D eigenvalue weighted by atomic mass is 9.84. The molecule has 2 heteroatoms. The molecule has 76 valence electrons. The monoisotopic (exact) mass is 183 g/mol. The molecule has 0 aromatic carbocycles. The molecule has 1 aliphatic rings. The third-order valence-corrected chi connectivity index (χ3v) is 2.54. The van der Waals surface area contributed by atoms with Crippen LogP contribution in [-0.2, 0) is 4.79 Å². The normalized spacial score (nSPS) is 18.2. The van der Waals surface area contributed by atoms with Crippen molar-refractivity contribution in [1.82, 2.24) is 4.90 Å². The number of carbonyl (C=O) groups excluding carboxylic acids is 1. The van der Waals surface area contributed by atoms with Gasteiger partial charge in [-0.1, -0.05) is 27.2 Å². The van der Waals surface area contributed by atoms with E-state index in [0.29, 0.717) is 11.8 Å². The summed E-state index contributed by atoms with van der Waals surface area (Å²) in [6.07, 6.45) is 3.44. The van der Waals surface area contributed by atoms with Gasteiger partial charge < -0.3 is 4.90 Å². The van der Waals surface area contributed by atoms with Gasteiger partial charge in [-0.25, -0.2) is 0 Å². The maximum Gasteiger partial charge on any atom is 0.225 e. The summed E-state index contributed by atoms with van der Waals surface area (Å²) in [7, 11) is 1.92. The lowest BCUT2D eigenvalue weighted by Gasteiger charge is -2.32. The summed E-state index contributed by atoms with van der Waals surface area (Å²) in [4.78, 5) is 13.6. The van der Waals surface area contributed by atoms with Gasteiger partial charge in [0.15, 0.2) is 0 Å². The molecule has 0 N–H and O–H groups in total. The summed E-state index contributed by atoms with van der Waals surface area (Å²) in [6, 6.07) is 0. The van der Waals surface area contributed by atoms with E-state index in [-0.39, 0.29) is 5.41 Å². The number of hydrogen-bond acceptors (Lipinski definition) is 1. The SMILES string of the molecule is CN(CC(C)(C)C)C(=O)C1CCC1. The van der Waals surface area contributed by atoms with E-state index in [0.717, 1.165) is 19.4 Å². The number of nitrogens with zero attached hydrogens (tertiary/aromatic N) is 1. The minimum Gasteiger partial charge on any atom is -0.345 e. The summed E-state index contributed by atoms with van der Waals surface area (Å²) >= 11 is 0. The number of amides is 1. The zero-order valence-corrected chi connectivity index (χ0v) is 9.26. The highest BCUT2D eigenvalue weighted by atomic mass is 16.2. The van der Waals surface area contributed by atoms with Crippen molar-refractivity contribution >= 4 is 5.91 Å². The number of rotatable bonds is 2. The van der Waals surface area contributed by atoms with Gasteiger partial charge in [-0.3, -0.25) is 4.79 Å². The van der Waals surface area contributed by atoms with Gasteiger partial charge in [0, 0.05) is 19.5 Å². The minimum absolute atomic E-state index is 0.216. The second-order valence-corrected chi connectivity index (χ2v) is 5.38. The molecule has 0 aliphatic heterocycles. The van der Waals surface area contributed by atoms with Crippen molar-refractivity contribution in [3.8, 4) is 0 Å². The summed E-state index contributed by atoms with van der Waals surface area (Å²) < 4.78 is 0. The number of hydrogen-bond donors (Lipinski definition) is 0. The molecule has 13 heavy (non-hydrogen) atoms. The van der Waals surface area contributed by atoms with E-state index in [2.05, 4.69) is 20.8 Å². The molecular formula is C11H21NO. The second-order valence-electron chi connectivity index (χ2n) is 5.38. The standard InChI is InChI=1S/C11H21NO/c1-11(2,3)8-12(4)10(13)9-6-5-7-9/h9H,5-8H2,1-4H3. The minimum atomic E-state index is 0.216. The lowest BCUT2D eigenvalue weighted by Crippen LogP contribution is -2.40. The van der Waals surface area contributed by atoms with Crippen LogP contribution in [0.2, 0.25) is 0 Å². The Morgan fingerprint density at radius 3 is 2.23 bits per heavy atom. The van der Waals surface area contributed by atoms with Gasteiger partial charge in [0.1, 0.15) is 0 Å². The van der Waals surface area contributed by atoms with Crippen molar-refractivity contribution in [3.63, 3.8) is 0 Å². The van der Waals surface area contributed by atoms with Crippen LogP contribution in [0.3, 0.4) is 0 Å². The predicted octanol–water partition coefficient (Wildman–Crippen LogP) is 2.29. The van der Waals surface area contributed by atoms with E-state index < -0.39 is 0 Å². The molecule has 0 aromatic heterocycles. The molecule has 2 nitrogen and oxygen atoms in total. The topological polar surface area (TPSA) is 20.3 Å². The van der Waals surface area contributed by atoms with Crippen molar-refractivity contribution in [2.45, 2.75) is 40.0 Å². The lowest BCUT2D eigenvalue weighted by molar-refractivity contribution is -0.137. The van der Waals surface area contributed by atoms with Gasteiger partial charge in [-0.05, 0) is 18.3 Å². The molecule has 0 bridgehead atoms. The van der Waals surface area contributed by atoms with Crippen LogP contribution in [0.25, 0.3) is 0 Å². The van der Waals surface area contributed by atoms with Crippen molar-refractivity contribution in [3.05, 3.63) is 0 Å². The highest BCUT2D eigenvalue weighted by molar-refractivity contribution is 5.79. The van der Waals surface area contributed by atoms with Gasteiger partial charge in [0.05, 0.1) is 0 Å². The second kappa shape index (κ2) is 3.69. The van der Waals surface area contributed by atoms with E-state index >= 15 is 0 Å². The molecule has 0 spiro atoms.